The number of likely N-dealkylation sites (N-methyl/N-ethyl adjacent to an activating group) is 1. The molecule has 0 saturated carbocycles. The Morgan fingerprint density at radius 3 is 2.60 bits per heavy atom. The lowest BCUT2D eigenvalue weighted by atomic mass is 9.66. The van der Waals surface area contributed by atoms with Crippen molar-refractivity contribution < 1.29 is 14.6 Å². The Hall–Kier alpha value is -2.04. The van der Waals surface area contributed by atoms with Crippen LogP contribution in [0, 0.1) is 0 Å². The van der Waals surface area contributed by atoms with Gasteiger partial charge in [-0.3, -0.25) is 4.90 Å². The number of hydrogen-bond acceptors (Lipinski definition) is 4. The van der Waals surface area contributed by atoms with Crippen molar-refractivity contribution in [2.75, 3.05) is 27.8 Å². The summed E-state index contributed by atoms with van der Waals surface area (Å²) in [4.78, 5) is 2.32. The molecule has 2 aromatic rings. The second-order valence-corrected chi connectivity index (χ2v) is 7.12. The average Bonchev–Trinajstić information content (AvgIpc) is 2.63. The monoisotopic (exact) mass is 339 g/mol. The summed E-state index contributed by atoms with van der Waals surface area (Å²) in [5, 5.41) is 10.9. The zero-order valence-corrected chi connectivity index (χ0v) is 15.3. The average molecular weight is 339 g/mol. The molecule has 4 heteroatoms. The van der Waals surface area contributed by atoms with Crippen LogP contribution in [-0.4, -0.2) is 43.9 Å². The van der Waals surface area contributed by atoms with Gasteiger partial charge < -0.3 is 14.6 Å². The molecule has 0 amide bonds. The van der Waals surface area contributed by atoms with Gasteiger partial charge in [0.2, 0.25) is 0 Å². The van der Waals surface area contributed by atoms with Crippen LogP contribution in [0.25, 0.3) is 11.1 Å². The summed E-state index contributed by atoms with van der Waals surface area (Å²) in [5.74, 6) is 1.52. The molecule has 2 aliphatic rings. The number of benzene rings is 2. The minimum atomic E-state index is -0.473. The quantitative estimate of drug-likeness (QED) is 0.933. The third-order valence-electron chi connectivity index (χ3n) is 6.03. The van der Waals surface area contributed by atoms with E-state index in [4.69, 9.17) is 9.47 Å². The molecular weight excluding hydrogens is 314 g/mol. The molecule has 0 saturated heterocycles. The van der Waals surface area contributed by atoms with Crippen LogP contribution < -0.4 is 9.47 Å². The summed E-state index contributed by atoms with van der Waals surface area (Å²) in [6.07, 6.45) is 1.29. The Balaban J connectivity index is 2.09. The molecule has 4 nitrogen and oxygen atoms in total. The number of hydrogen-bond donors (Lipinski definition) is 1. The van der Waals surface area contributed by atoms with E-state index in [1.807, 2.05) is 13.0 Å². The van der Waals surface area contributed by atoms with Crippen LogP contribution in [0.15, 0.2) is 30.3 Å². The molecule has 1 aliphatic carbocycles. The highest BCUT2D eigenvalue weighted by Gasteiger charge is 2.49. The molecule has 2 aromatic carbocycles. The van der Waals surface area contributed by atoms with E-state index in [1.165, 1.54) is 16.7 Å². The summed E-state index contributed by atoms with van der Waals surface area (Å²) in [6.45, 7) is 2.86. The molecule has 2 unspecified atom stereocenters. The fourth-order valence-corrected chi connectivity index (χ4v) is 4.81. The molecule has 2 atom stereocenters. The first-order valence-corrected chi connectivity index (χ1v) is 8.80. The molecule has 132 valence electrons. The van der Waals surface area contributed by atoms with Crippen LogP contribution in [0.5, 0.6) is 11.5 Å². The van der Waals surface area contributed by atoms with Gasteiger partial charge in [-0.1, -0.05) is 24.3 Å². The predicted molar refractivity (Wildman–Crippen MR) is 98.4 cm³/mol. The van der Waals surface area contributed by atoms with Crippen molar-refractivity contribution >= 4 is 0 Å². The lowest BCUT2D eigenvalue weighted by Gasteiger charge is -2.52. The molecule has 1 N–H and O–H groups in total. The number of methoxy groups -OCH3 is 2. The highest BCUT2D eigenvalue weighted by Crippen LogP contribution is 2.54. The molecule has 4 rings (SSSR count). The lowest BCUT2D eigenvalue weighted by molar-refractivity contribution is -0.0213. The third-order valence-corrected chi connectivity index (χ3v) is 6.03. The Bertz CT molecular complexity index is 830. The number of ether oxygens (including phenoxy) is 2. The molecule has 1 aliphatic heterocycles. The molecule has 0 spiro atoms. The predicted octanol–water partition coefficient (Wildman–Crippen LogP) is 2.99. The Morgan fingerprint density at radius 1 is 1.12 bits per heavy atom. The highest BCUT2D eigenvalue weighted by atomic mass is 16.5. The van der Waals surface area contributed by atoms with E-state index in [-0.39, 0.29) is 0 Å². The van der Waals surface area contributed by atoms with E-state index in [2.05, 4.69) is 36.2 Å². The summed E-state index contributed by atoms with van der Waals surface area (Å²) < 4.78 is 11.3. The van der Waals surface area contributed by atoms with Gasteiger partial charge in [0, 0.05) is 12.1 Å². The highest BCUT2D eigenvalue weighted by molar-refractivity contribution is 5.83. The number of rotatable bonds is 3. The van der Waals surface area contributed by atoms with Crippen molar-refractivity contribution in [1.82, 2.24) is 4.90 Å². The number of nitrogens with zero attached hydrogens (tertiary/aromatic N) is 1. The zero-order valence-electron chi connectivity index (χ0n) is 15.3. The maximum atomic E-state index is 10.9. The Labute approximate surface area is 149 Å². The smallest absolute Gasteiger partial charge is 0.168 e. The first-order chi connectivity index (χ1) is 12.0. The number of aliphatic hydroxyl groups is 1. The van der Waals surface area contributed by atoms with E-state index < -0.39 is 11.6 Å². The van der Waals surface area contributed by atoms with Crippen molar-refractivity contribution in [3.05, 3.63) is 47.0 Å². The summed E-state index contributed by atoms with van der Waals surface area (Å²) in [6, 6.07) is 10.5. The van der Waals surface area contributed by atoms with Crippen molar-refractivity contribution in [2.24, 2.45) is 0 Å². The fourth-order valence-electron chi connectivity index (χ4n) is 4.81. The molecule has 0 bridgehead atoms. The van der Waals surface area contributed by atoms with Gasteiger partial charge in [-0.25, -0.2) is 0 Å². The molecule has 0 aromatic heterocycles. The van der Waals surface area contributed by atoms with E-state index in [9.17, 15) is 5.11 Å². The maximum Gasteiger partial charge on any atom is 0.168 e. The fraction of sp³-hybridized carbons (Fsp3) is 0.429. The van der Waals surface area contributed by atoms with Crippen LogP contribution in [0.2, 0.25) is 0 Å². The van der Waals surface area contributed by atoms with Crippen molar-refractivity contribution in [2.45, 2.75) is 31.4 Å². The standard InChI is InChI=1S/C21H25NO3/c1-13(23)21-12-15-8-9-17(24-3)20(25-4)18(15)16-7-5-6-14(19(16)21)10-11-22(21)2/h5-9,13,23H,10-12H2,1-4H3. The van der Waals surface area contributed by atoms with Gasteiger partial charge >= 0.3 is 0 Å². The molecule has 0 fully saturated rings. The zero-order chi connectivity index (χ0) is 17.8. The minimum absolute atomic E-state index is 0.392. The van der Waals surface area contributed by atoms with E-state index in [0.717, 1.165) is 42.0 Å². The maximum absolute atomic E-state index is 10.9. The van der Waals surface area contributed by atoms with E-state index in [0.29, 0.717) is 0 Å². The van der Waals surface area contributed by atoms with Crippen molar-refractivity contribution in [1.29, 1.82) is 0 Å². The van der Waals surface area contributed by atoms with Crippen LogP contribution >= 0.6 is 0 Å². The van der Waals surface area contributed by atoms with Crippen molar-refractivity contribution in [3.63, 3.8) is 0 Å². The van der Waals surface area contributed by atoms with Gasteiger partial charge in [0.25, 0.3) is 0 Å². The minimum Gasteiger partial charge on any atom is -0.493 e. The third kappa shape index (κ3) is 2.07. The van der Waals surface area contributed by atoms with E-state index in [1.54, 1.807) is 14.2 Å². The van der Waals surface area contributed by atoms with Gasteiger partial charge in [-0.2, -0.15) is 0 Å². The largest absolute Gasteiger partial charge is 0.493 e. The van der Waals surface area contributed by atoms with Crippen LogP contribution in [0.1, 0.15) is 23.6 Å². The van der Waals surface area contributed by atoms with Crippen LogP contribution in [-0.2, 0) is 18.4 Å². The first-order valence-electron chi connectivity index (χ1n) is 8.80. The molecule has 0 radical (unpaired) electrons. The normalized spacial score (nSPS) is 22.8. The molecule has 1 heterocycles. The van der Waals surface area contributed by atoms with Crippen LogP contribution in [0.4, 0.5) is 0 Å². The Morgan fingerprint density at radius 2 is 1.92 bits per heavy atom. The lowest BCUT2D eigenvalue weighted by Crippen LogP contribution is -2.57. The Kier molecular flexibility index (Phi) is 3.78. The van der Waals surface area contributed by atoms with Gasteiger partial charge in [0.1, 0.15) is 0 Å². The van der Waals surface area contributed by atoms with Gasteiger partial charge in [-0.15, -0.1) is 0 Å². The first kappa shape index (κ1) is 16.4. The van der Waals surface area contributed by atoms with Gasteiger partial charge in [-0.05, 0) is 55.1 Å². The van der Waals surface area contributed by atoms with Gasteiger partial charge in [0.15, 0.2) is 11.5 Å². The van der Waals surface area contributed by atoms with Gasteiger partial charge in [0.05, 0.1) is 25.9 Å². The summed E-state index contributed by atoms with van der Waals surface area (Å²) >= 11 is 0. The van der Waals surface area contributed by atoms with E-state index >= 15 is 0 Å². The SMILES string of the molecule is COc1ccc2c(c1OC)-c1cccc3c1C(C(C)O)(C2)N(C)CC3. The number of fused-ring (bicyclic) bond motifs is 2. The second kappa shape index (κ2) is 5.75. The topological polar surface area (TPSA) is 41.9 Å². The summed E-state index contributed by atoms with van der Waals surface area (Å²) in [5.41, 5.74) is 5.63. The second-order valence-electron chi connectivity index (χ2n) is 7.12. The van der Waals surface area contributed by atoms with Crippen LogP contribution in [0.3, 0.4) is 0 Å². The molecule has 25 heavy (non-hydrogen) atoms. The van der Waals surface area contributed by atoms with Crippen molar-refractivity contribution in [3.8, 4) is 22.6 Å². The number of aliphatic hydroxyl groups excluding tert-OH is 1. The summed E-state index contributed by atoms with van der Waals surface area (Å²) in [7, 11) is 5.48. The molecular formula is C21H25NO3.